The van der Waals surface area contributed by atoms with Gasteiger partial charge in [-0.25, -0.2) is 0 Å². The molecule has 0 heterocycles. The summed E-state index contributed by atoms with van der Waals surface area (Å²) < 4.78 is 0. The third kappa shape index (κ3) is 1.54. The first-order valence-electron chi connectivity index (χ1n) is 8.70. The third-order valence-electron chi connectivity index (χ3n) is 7.63. The van der Waals surface area contributed by atoms with E-state index in [-0.39, 0.29) is 0 Å². The fraction of sp³-hybridized carbons (Fsp3) is 0.800. The molecule has 110 valence electrons. The van der Waals surface area contributed by atoms with Crippen LogP contribution in [0.25, 0.3) is 0 Å². The Labute approximate surface area is 124 Å². The molecule has 0 aromatic carbocycles. The first-order chi connectivity index (χ1) is 9.34. The molecule has 4 rings (SSSR count). The van der Waals surface area contributed by atoms with Crippen molar-refractivity contribution in [1.29, 1.82) is 0 Å². The van der Waals surface area contributed by atoms with Gasteiger partial charge in [-0.2, -0.15) is 0 Å². The van der Waals surface area contributed by atoms with Gasteiger partial charge in [0.1, 0.15) is 0 Å². The maximum absolute atomic E-state index is 2.72. The van der Waals surface area contributed by atoms with Crippen molar-refractivity contribution in [2.24, 2.45) is 40.4 Å². The Balaban J connectivity index is 1.80. The molecule has 2 saturated carbocycles. The molecule has 4 aliphatic carbocycles. The molecule has 0 N–H and O–H groups in total. The fourth-order valence-corrected chi connectivity index (χ4v) is 6.66. The SMILES string of the molecule is CC1=CC2CC3(C=C(C)CC3C1)C(C)CC1C2C1(C)C. The first kappa shape index (κ1) is 13.2. The topological polar surface area (TPSA) is 0 Å². The number of rotatable bonds is 0. The van der Waals surface area contributed by atoms with Crippen LogP contribution in [0.3, 0.4) is 0 Å². The number of allylic oxidation sites excluding steroid dienone is 4. The van der Waals surface area contributed by atoms with Gasteiger partial charge in [0.15, 0.2) is 0 Å². The molecule has 0 aliphatic heterocycles. The van der Waals surface area contributed by atoms with Crippen LogP contribution in [0, 0.1) is 40.4 Å². The van der Waals surface area contributed by atoms with Gasteiger partial charge in [-0.15, -0.1) is 0 Å². The van der Waals surface area contributed by atoms with Crippen LogP contribution in [0.4, 0.5) is 0 Å². The molecule has 0 aromatic heterocycles. The van der Waals surface area contributed by atoms with E-state index < -0.39 is 0 Å². The molecule has 0 amide bonds. The maximum Gasteiger partial charge on any atom is -0.00499 e. The first-order valence-corrected chi connectivity index (χ1v) is 8.70. The highest BCUT2D eigenvalue weighted by molar-refractivity contribution is 5.29. The van der Waals surface area contributed by atoms with Crippen LogP contribution in [0.15, 0.2) is 23.3 Å². The maximum atomic E-state index is 2.72. The van der Waals surface area contributed by atoms with E-state index in [0.29, 0.717) is 10.8 Å². The van der Waals surface area contributed by atoms with Crippen LogP contribution < -0.4 is 0 Å². The molecule has 0 saturated heterocycles. The molecule has 1 spiro atoms. The van der Waals surface area contributed by atoms with Gasteiger partial charge in [0.25, 0.3) is 0 Å². The zero-order valence-electron chi connectivity index (χ0n) is 13.9. The zero-order chi connectivity index (χ0) is 14.3. The van der Waals surface area contributed by atoms with Gasteiger partial charge in [-0.1, -0.05) is 44.1 Å². The van der Waals surface area contributed by atoms with Crippen molar-refractivity contribution in [2.75, 3.05) is 0 Å². The second-order valence-corrected chi connectivity index (χ2v) is 9.18. The molecular formula is C20H30. The highest BCUT2D eigenvalue weighted by Gasteiger charge is 2.65. The number of hydrogen-bond donors (Lipinski definition) is 0. The summed E-state index contributed by atoms with van der Waals surface area (Å²) in [5.74, 6) is 4.58. The van der Waals surface area contributed by atoms with E-state index in [9.17, 15) is 0 Å². The second kappa shape index (κ2) is 3.81. The molecule has 0 radical (unpaired) electrons. The molecule has 4 aliphatic rings. The predicted molar refractivity (Wildman–Crippen MR) is 85.3 cm³/mol. The Bertz CT molecular complexity index is 506. The standard InChI is InChI=1S/C20H30/c1-12-6-15-11-20(10-13(2)8-16(20)7-12)14(3)9-17-18(15)19(17,4)5/h6,10,14-18H,7-9,11H2,1-5H3. The smallest absolute Gasteiger partial charge is 0.00499 e. The van der Waals surface area contributed by atoms with Gasteiger partial charge in [-0.3, -0.25) is 0 Å². The lowest BCUT2D eigenvalue weighted by Crippen LogP contribution is -2.33. The molecule has 2 fully saturated rings. The predicted octanol–water partition coefficient (Wildman–Crippen LogP) is 5.61. The van der Waals surface area contributed by atoms with Crippen LogP contribution in [0.2, 0.25) is 0 Å². The van der Waals surface area contributed by atoms with Gasteiger partial charge >= 0.3 is 0 Å². The summed E-state index contributed by atoms with van der Waals surface area (Å²) in [6.07, 6.45) is 11.0. The quantitative estimate of drug-likeness (QED) is 0.502. The van der Waals surface area contributed by atoms with Crippen molar-refractivity contribution in [3.05, 3.63) is 23.3 Å². The summed E-state index contributed by atoms with van der Waals surface area (Å²) in [6.45, 7) is 12.4. The lowest BCUT2D eigenvalue weighted by atomic mass is 9.63. The third-order valence-corrected chi connectivity index (χ3v) is 7.63. The highest BCUT2D eigenvalue weighted by Crippen LogP contribution is 2.72. The molecule has 2 bridgehead atoms. The van der Waals surface area contributed by atoms with E-state index in [2.05, 4.69) is 46.8 Å². The van der Waals surface area contributed by atoms with Gasteiger partial charge in [-0.05, 0) is 80.0 Å². The fourth-order valence-electron chi connectivity index (χ4n) is 6.66. The Morgan fingerprint density at radius 2 is 1.80 bits per heavy atom. The Morgan fingerprint density at radius 3 is 2.55 bits per heavy atom. The lowest BCUT2D eigenvalue weighted by Gasteiger charge is -2.40. The van der Waals surface area contributed by atoms with Crippen molar-refractivity contribution in [1.82, 2.24) is 0 Å². The van der Waals surface area contributed by atoms with Gasteiger partial charge in [0.05, 0.1) is 0 Å². The second-order valence-electron chi connectivity index (χ2n) is 9.18. The van der Waals surface area contributed by atoms with E-state index in [0.717, 1.165) is 29.6 Å². The largest absolute Gasteiger partial charge is 0.0821 e. The Morgan fingerprint density at radius 1 is 1.10 bits per heavy atom. The average Bonchev–Trinajstić information content (AvgIpc) is 2.80. The summed E-state index contributed by atoms with van der Waals surface area (Å²) in [7, 11) is 0. The average molecular weight is 270 g/mol. The van der Waals surface area contributed by atoms with Crippen molar-refractivity contribution in [3.8, 4) is 0 Å². The van der Waals surface area contributed by atoms with Gasteiger partial charge in [0, 0.05) is 0 Å². The van der Waals surface area contributed by atoms with Crippen LogP contribution in [-0.4, -0.2) is 0 Å². The van der Waals surface area contributed by atoms with Crippen molar-refractivity contribution >= 4 is 0 Å². The molecule has 0 nitrogen and oxygen atoms in total. The van der Waals surface area contributed by atoms with Crippen molar-refractivity contribution < 1.29 is 0 Å². The van der Waals surface area contributed by atoms with Gasteiger partial charge in [0.2, 0.25) is 0 Å². The summed E-state index contributed by atoms with van der Waals surface area (Å²) in [5.41, 5.74) is 4.49. The van der Waals surface area contributed by atoms with Crippen LogP contribution in [0.5, 0.6) is 0 Å². The summed E-state index contributed by atoms with van der Waals surface area (Å²) in [6, 6.07) is 0. The minimum Gasteiger partial charge on any atom is -0.0821 e. The Kier molecular flexibility index (Phi) is 2.51. The van der Waals surface area contributed by atoms with E-state index >= 15 is 0 Å². The van der Waals surface area contributed by atoms with E-state index in [1.807, 2.05) is 0 Å². The van der Waals surface area contributed by atoms with Gasteiger partial charge < -0.3 is 0 Å². The minimum atomic E-state index is 0.534. The van der Waals surface area contributed by atoms with E-state index in [1.54, 1.807) is 11.1 Å². The molecule has 0 aromatic rings. The van der Waals surface area contributed by atoms with Crippen LogP contribution in [-0.2, 0) is 0 Å². The monoisotopic (exact) mass is 270 g/mol. The molecule has 0 heteroatoms. The number of fused-ring (bicyclic) bond motifs is 3. The molecule has 20 heavy (non-hydrogen) atoms. The highest BCUT2D eigenvalue weighted by atomic mass is 14.7. The number of hydrogen-bond acceptors (Lipinski definition) is 0. The molecule has 6 atom stereocenters. The zero-order valence-corrected chi connectivity index (χ0v) is 13.9. The molecular weight excluding hydrogens is 240 g/mol. The van der Waals surface area contributed by atoms with Crippen LogP contribution >= 0.6 is 0 Å². The van der Waals surface area contributed by atoms with Crippen LogP contribution in [0.1, 0.15) is 60.3 Å². The van der Waals surface area contributed by atoms with Crippen molar-refractivity contribution in [2.45, 2.75) is 60.3 Å². The summed E-state index contributed by atoms with van der Waals surface area (Å²) >= 11 is 0. The molecule has 6 unspecified atom stereocenters. The lowest BCUT2D eigenvalue weighted by molar-refractivity contribution is 0.121. The van der Waals surface area contributed by atoms with E-state index in [4.69, 9.17) is 0 Å². The summed E-state index contributed by atoms with van der Waals surface area (Å²) in [5, 5.41) is 0. The Hall–Kier alpha value is -0.520. The summed E-state index contributed by atoms with van der Waals surface area (Å²) in [4.78, 5) is 0. The normalized spacial score (nSPS) is 52.1. The van der Waals surface area contributed by atoms with E-state index in [1.165, 1.54) is 25.7 Å². The van der Waals surface area contributed by atoms with Crippen molar-refractivity contribution in [3.63, 3.8) is 0 Å². The minimum absolute atomic E-state index is 0.534.